The van der Waals surface area contributed by atoms with Gasteiger partial charge < -0.3 is 24.2 Å². The molecule has 1 aliphatic rings. The van der Waals surface area contributed by atoms with Gasteiger partial charge in [-0.25, -0.2) is 9.48 Å². The molecule has 12 heteroatoms. The lowest BCUT2D eigenvalue weighted by molar-refractivity contribution is -0.124. The van der Waals surface area contributed by atoms with Gasteiger partial charge in [-0.15, -0.1) is 16.4 Å². The number of carbonyl (C=O) groups excluding carboxylic acids is 1. The Morgan fingerprint density at radius 3 is 2.51 bits per heavy atom. The molecular formula is C27H33BrN4O6S. The first-order valence-electron chi connectivity index (χ1n) is 12.8. The maximum Gasteiger partial charge on any atom is 0.337 e. The second kappa shape index (κ2) is 13.5. The molecule has 1 amide bonds. The van der Waals surface area contributed by atoms with Crippen molar-refractivity contribution in [3.05, 3.63) is 51.6 Å². The summed E-state index contributed by atoms with van der Waals surface area (Å²) in [6, 6.07) is 6.23. The SMILES string of the molecule is COCC(COC)N(C(=O)C1CCC(C)CC1)c1ccc(Oc2sc(Cn3ccnn3)cc2Br)cc1C(=O)O. The largest absolute Gasteiger partial charge is 0.478 e. The number of amides is 1. The molecule has 0 atom stereocenters. The van der Waals surface area contributed by atoms with Crippen LogP contribution < -0.4 is 9.64 Å². The minimum atomic E-state index is -1.16. The Kier molecular flexibility index (Phi) is 10.1. The lowest BCUT2D eigenvalue weighted by Gasteiger charge is -2.36. The number of hydrogen-bond acceptors (Lipinski definition) is 8. The van der Waals surface area contributed by atoms with Crippen LogP contribution in [-0.2, 0) is 20.8 Å². The number of thiophene rings is 1. The van der Waals surface area contributed by atoms with Crippen LogP contribution in [0.15, 0.2) is 41.1 Å². The Morgan fingerprint density at radius 2 is 1.90 bits per heavy atom. The van der Waals surface area contributed by atoms with Gasteiger partial charge in [0.25, 0.3) is 0 Å². The van der Waals surface area contributed by atoms with Gasteiger partial charge in [-0.2, -0.15) is 0 Å². The number of anilines is 1. The molecule has 1 aromatic carbocycles. The highest BCUT2D eigenvalue weighted by Crippen LogP contribution is 2.40. The minimum Gasteiger partial charge on any atom is -0.478 e. The van der Waals surface area contributed by atoms with Crippen LogP contribution in [0, 0.1) is 11.8 Å². The number of aromatic nitrogens is 3. The van der Waals surface area contributed by atoms with E-state index in [1.54, 1.807) is 48.3 Å². The molecule has 0 spiro atoms. The Bertz CT molecular complexity index is 1250. The monoisotopic (exact) mass is 620 g/mol. The van der Waals surface area contributed by atoms with Gasteiger partial charge in [0.1, 0.15) is 5.75 Å². The summed E-state index contributed by atoms with van der Waals surface area (Å²) >= 11 is 4.94. The van der Waals surface area contributed by atoms with E-state index in [4.69, 9.17) is 14.2 Å². The van der Waals surface area contributed by atoms with E-state index in [0.29, 0.717) is 29.0 Å². The van der Waals surface area contributed by atoms with Crippen molar-refractivity contribution in [1.29, 1.82) is 0 Å². The number of halogens is 1. The maximum absolute atomic E-state index is 13.9. The van der Waals surface area contributed by atoms with Crippen molar-refractivity contribution in [2.24, 2.45) is 11.8 Å². The van der Waals surface area contributed by atoms with Crippen LogP contribution in [0.4, 0.5) is 5.69 Å². The zero-order valence-corrected chi connectivity index (χ0v) is 24.6. The standard InChI is InChI=1S/C27H33BrN4O6S/c1-17-4-6-18(7-5-17)25(33)32(19(15-36-2)16-37-3)24-9-8-20(12-22(24)26(34)35)38-27-23(28)13-21(39-27)14-31-11-10-29-30-31/h8-13,17-19H,4-7,14-16H2,1-3H3,(H,34,35). The molecule has 2 heterocycles. The maximum atomic E-state index is 13.9. The summed E-state index contributed by atoms with van der Waals surface area (Å²) in [6.07, 6.45) is 6.87. The average Bonchev–Trinajstić information content (AvgIpc) is 3.54. The Morgan fingerprint density at radius 1 is 1.18 bits per heavy atom. The summed E-state index contributed by atoms with van der Waals surface area (Å²) in [5.41, 5.74) is 0.271. The third-order valence-corrected chi connectivity index (χ3v) is 8.70. The lowest BCUT2D eigenvalue weighted by atomic mass is 9.82. The van der Waals surface area contributed by atoms with Crippen molar-refractivity contribution < 1.29 is 28.9 Å². The molecule has 0 radical (unpaired) electrons. The lowest BCUT2D eigenvalue weighted by Crippen LogP contribution is -2.49. The van der Waals surface area contributed by atoms with Gasteiger partial charge >= 0.3 is 5.97 Å². The summed E-state index contributed by atoms with van der Waals surface area (Å²) in [5, 5.41) is 18.6. The van der Waals surface area contributed by atoms with E-state index in [1.807, 2.05) is 6.07 Å². The highest BCUT2D eigenvalue weighted by Gasteiger charge is 2.35. The predicted octanol–water partition coefficient (Wildman–Crippen LogP) is 5.46. The van der Waals surface area contributed by atoms with Crippen molar-refractivity contribution >= 4 is 44.8 Å². The van der Waals surface area contributed by atoms with Crippen LogP contribution in [0.2, 0.25) is 0 Å². The van der Waals surface area contributed by atoms with Crippen LogP contribution in [0.5, 0.6) is 10.8 Å². The molecule has 210 valence electrons. The Labute approximate surface area is 240 Å². The van der Waals surface area contributed by atoms with Crippen molar-refractivity contribution in [3.8, 4) is 10.8 Å². The number of ether oxygens (including phenoxy) is 3. The number of nitrogens with zero attached hydrogens (tertiary/aromatic N) is 4. The number of rotatable bonds is 12. The summed E-state index contributed by atoms with van der Waals surface area (Å²) in [7, 11) is 3.11. The number of aromatic carboxylic acids is 1. The third-order valence-electron chi connectivity index (χ3n) is 6.85. The molecule has 0 aliphatic heterocycles. The zero-order chi connectivity index (χ0) is 27.9. The molecule has 4 rings (SSSR count). The van der Waals surface area contributed by atoms with Gasteiger partial charge in [-0.3, -0.25) is 4.79 Å². The van der Waals surface area contributed by atoms with Gasteiger partial charge in [-0.1, -0.05) is 12.1 Å². The molecule has 1 N–H and O–H groups in total. The third kappa shape index (κ3) is 7.24. The van der Waals surface area contributed by atoms with Gasteiger partial charge in [-0.05, 0) is 71.8 Å². The first-order valence-corrected chi connectivity index (χ1v) is 14.4. The fourth-order valence-electron chi connectivity index (χ4n) is 4.87. The number of carboxylic acids is 1. The van der Waals surface area contributed by atoms with E-state index >= 15 is 0 Å². The topological polar surface area (TPSA) is 116 Å². The zero-order valence-electron chi connectivity index (χ0n) is 22.2. The molecule has 1 aliphatic carbocycles. The van der Waals surface area contributed by atoms with E-state index in [1.165, 1.54) is 17.4 Å². The number of carbonyl (C=O) groups is 2. The van der Waals surface area contributed by atoms with Gasteiger partial charge in [0.05, 0.1) is 47.7 Å². The number of hydrogen-bond donors (Lipinski definition) is 1. The van der Waals surface area contributed by atoms with Crippen LogP contribution >= 0.6 is 27.3 Å². The normalized spacial score (nSPS) is 17.4. The summed E-state index contributed by atoms with van der Waals surface area (Å²) in [4.78, 5) is 28.9. The first kappa shape index (κ1) is 29.2. The summed E-state index contributed by atoms with van der Waals surface area (Å²) in [5.74, 6) is -0.511. The first-order chi connectivity index (χ1) is 18.8. The minimum absolute atomic E-state index is 0.0299. The molecule has 0 unspecified atom stereocenters. The average molecular weight is 622 g/mol. The molecule has 1 fully saturated rings. The quantitative estimate of drug-likeness (QED) is 0.284. The molecule has 39 heavy (non-hydrogen) atoms. The fourth-order valence-corrected chi connectivity index (χ4v) is 6.53. The highest BCUT2D eigenvalue weighted by molar-refractivity contribution is 9.10. The number of methoxy groups -OCH3 is 2. The van der Waals surface area contributed by atoms with Crippen LogP contribution in [-0.4, -0.2) is 65.5 Å². The number of carboxylic acid groups (broad SMARTS) is 1. The van der Waals surface area contributed by atoms with E-state index in [9.17, 15) is 14.7 Å². The second-order valence-electron chi connectivity index (χ2n) is 9.76. The smallest absolute Gasteiger partial charge is 0.337 e. The molecule has 0 bridgehead atoms. The van der Waals surface area contributed by atoms with Gasteiger partial charge in [0.2, 0.25) is 5.91 Å². The van der Waals surface area contributed by atoms with Gasteiger partial charge in [0.15, 0.2) is 5.06 Å². The van der Waals surface area contributed by atoms with Crippen LogP contribution in [0.3, 0.4) is 0 Å². The van der Waals surface area contributed by atoms with Crippen LogP contribution in [0.1, 0.15) is 47.8 Å². The molecule has 10 nitrogen and oxygen atoms in total. The van der Waals surface area contributed by atoms with Crippen molar-refractivity contribution in [2.75, 3.05) is 32.3 Å². The summed E-state index contributed by atoms with van der Waals surface area (Å²) in [6.45, 7) is 3.14. The van der Waals surface area contributed by atoms with E-state index in [-0.39, 0.29) is 30.6 Å². The highest BCUT2D eigenvalue weighted by atomic mass is 79.9. The molecule has 1 saturated carbocycles. The van der Waals surface area contributed by atoms with Crippen LogP contribution in [0.25, 0.3) is 0 Å². The van der Waals surface area contributed by atoms with Gasteiger partial charge in [0, 0.05) is 31.2 Å². The second-order valence-corrected chi connectivity index (χ2v) is 11.7. The predicted molar refractivity (Wildman–Crippen MR) is 151 cm³/mol. The van der Waals surface area contributed by atoms with E-state index in [0.717, 1.165) is 35.0 Å². The number of benzene rings is 1. The fraction of sp³-hybridized carbons (Fsp3) is 0.481. The van der Waals surface area contributed by atoms with E-state index < -0.39 is 12.0 Å². The van der Waals surface area contributed by atoms with E-state index in [2.05, 4.69) is 33.2 Å². The van der Waals surface area contributed by atoms with Crippen molar-refractivity contribution in [1.82, 2.24) is 15.0 Å². The summed E-state index contributed by atoms with van der Waals surface area (Å²) < 4.78 is 19.4. The Balaban J connectivity index is 1.65. The van der Waals surface area contributed by atoms with Crippen molar-refractivity contribution in [3.63, 3.8) is 0 Å². The van der Waals surface area contributed by atoms with Crippen molar-refractivity contribution in [2.45, 2.75) is 45.2 Å². The Hall–Kier alpha value is -2.80. The molecule has 2 aromatic heterocycles. The molecular weight excluding hydrogens is 588 g/mol. The molecule has 3 aromatic rings. The molecule has 0 saturated heterocycles.